The maximum atomic E-state index is 12.0. The molecule has 166 valence electrons. The van der Waals surface area contributed by atoms with Gasteiger partial charge in [-0.1, -0.05) is 29.4 Å². The van der Waals surface area contributed by atoms with Gasteiger partial charge in [-0.2, -0.15) is 0 Å². The molecular weight excluding hydrogens is 400 g/mol. The summed E-state index contributed by atoms with van der Waals surface area (Å²) in [5.74, 6) is 0.294. The summed E-state index contributed by atoms with van der Waals surface area (Å²) < 4.78 is 15.7. The number of amides is 1. The molecule has 0 spiro atoms. The Morgan fingerprint density at radius 3 is 2.23 bits per heavy atom. The number of hydrogen-bond donors (Lipinski definition) is 2. The zero-order valence-electron chi connectivity index (χ0n) is 18.1. The van der Waals surface area contributed by atoms with Crippen LogP contribution in [-0.4, -0.2) is 42.2 Å². The van der Waals surface area contributed by atoms with Crippen molar-refractivity contribution in [3.8, 4) is 5.75 Å². The van der Waals surface area contributed by atoms with Crippen LogP contribution in [0.5, 0.6) is 5.75 Å². The number of methoxy groups -OCH3 is 1. The molecule has 0 radical (unpaired) electrons. The SMILES string of the molecule is COC(=O)c1ccc(COc2ccc(CC(C=NO)NC(=O)OC(C)(C)C)cc2)cc1. The van der Waals surface area contributed by atoms with Crippen LogP contribution in [0, 0.1) is 0 Å². The number of carbonyl (C=O) groups is 2. The number of hydrogen-bond acceptors (Lipinski definition) is 7. The second-order valence-corrected chi connectivity index (χ2v) is 7.84. The van der Waals surface area contributed by atoms with Crippen molar-refractivity contribution < 1.29 is 29.0 Å². The van der Waals surface area contributed by atoms with Crippen molar-refractivity contribution in [2.45, 2.75) is 45.4 Å². The van der Waals surface area contributed by atoms with Gasteiger partial charge in [0, 0.05) is 0 Å². The highest BCUT2D eigenvalue weighted by atomic mass is 16.6. The minimum Gasteiger partial charge on any atom is -0.489 e. The van der Waals surface area contributed by atoms with Gasteiger partial charge in [0.2, 0.25) is 0 Å². The summed E-state index contributed by atoms with van der Waals surface area (Å²) in [6.07, 6.45) is 1.07. The van der Waals surface area contributed by atoms with Gasteiger partial charge >= 0.3 is 12.1 Å². The number of alkyl carbamates (subject to hydrolysis) is 1. The van der Waals surface area contributed by atoms with Crippen molar-refractivity contribution in [1.29, 1.82) is 0 Å². The Kier molecular flexibility index (Phi) is 8.43. The second-order valence-electron chi connectivity index (χ2n) is 7.84. The smallest absolute Gasteiger partial charge is 0.408 e. The number of ether oxygens (including phenoxy) is 3. The first-order valence-electron chi connectivity index (χ1n) is 9.76. The molecule has 2 aromatic carbocycles. The van der Waals surface area contributed by atoms with Crippen molar-refractivity contribution in [2.75, 3.05) is 7.11 Å². The van der Waals surface area contributed by atoms with E-state index in [1.54, 1.807) is 32.9 Å². The van der Waals surface area contributed by atoms with Gasteiger partial charge in [0.1, 0.15) is 18.0 Å². The van der Waals surface area contributed by atoms with Crippen LogP contribution in [0.4, 0.5) is 4.79 Å². The molecule has 8 heteroatoms. The maximum absolute atomic E-state index is 12.0. The zero-order valence-corrected chi connectivity index (χ0v) is 18.1. The lowest BCUT2D eigenvalue weighted by Crippen LogP contribution is -2.41. The Bertz CT molecular complexity index is 886. The summed E-state index contributed by atoms with van der Waals surface area (Å²) in [5, 5.41) is 14.6. The highest BCUT2D eigenvalue weighted by molar-refractivity contribution is 5.89. The van der Waals surface area contributed by atoms with Crippen LogP contribution in [0.3, 0.4) is 0 Å². The lowest BCUT2D eigenvalue weighted by molar-refractivity contribution is 0.0517. The molecule has 1 atom stereocenters. The van der Waals surface area contributed by atoms with Crippen LogP contribution in [0.15, 0.2) is 53.7 Å². The largest absolute Gasteiger partial charge is 0.489 e. The second kappa shape index (κ2) is 11.0. The van der Waals surface area contributed by atoms with Gasteiger partial charge in [-0.3, -0.25) is 0 Å². The third-order valence-corrected chi connectivity index (χ3v) is 4.11. The fourth-order valence-electron chi connectivity index (χ4n) is 2.68. The van der Waals surface area contributed by atoms with Gasteiger partial charge in [-0.25, -0.2) is 9.59 Å². The average molecular weight is 428 g/mol. The van der Waals surface area contributed by atoms with E-state index in [1.807, 2.05) is 36.4 Å². The van der Waals surface area contributed by atoms with E-state index in [-0.39, 0.29) is 5.97 Å². The van der Waals surface area contributed by atoms with Crippen LogP contribution in [-0.2, 0) is 22.5 Å². The van der Waals surface area contributed by atoms with Gasteiger partial charge in [0.15, 0.2) is 0 Å². The molecule has 0 saturated carbocycles. The predicted molar refractivity (Wildman–Crippen MR) is 116 cm³/mol. The summed E-state index contributed by atoms with van der Waals surface area (Å²) >= 11 is 0. The minimum absolute atomic E-state index is 0.348. The summed E-state index contributed by atoms with van der Waals surface area (Å²) in [6, 6.07) is 13.8. The molecule has 8 nitrogen and oxygen atoms in total. The highest BCUT2D eigenvalue weighted by Crippen LogP contribution is 2.16. The van der Waals surface area contributed by atoms with Crippen LogP contribution in [0.1, 0.15) is 42.3 Å². The van der Waals surface area contributed by atoms with Gasteiger partial charge < -0.3 is 24.7 Å². The van der Waals surface area contributed by atoms with E-state index >= 15 is 0 Å². The van der Waals surface area contributed by atoms with E-state index in [4.69, 9.17) is 14.7 Å². The summed E-state index contributed by atoms with van der Waals surface area (Å²) in [5.41, 5.74) is 1.69. The van der Waals surface area contributed by atoms with Crippen molar-refractivity contribution in [3.63, 3.8) is 0 Å². The summed E-state index contributed by atoms with van der Waals surface area (Å²) in [7, 11) is 1.34. The Morgan fingerprint density at radius 1 is 1.06 bits per heavy atom. The zero-order chi connectivity index (χ0) is 22.9. The molecule has 0 fully saturated rings. The minimum atomic E-state index is -0.621. The van der Waals surface area contributed by atoms with E-state index < -0.39 is 17.7 Å². The fourth-order valence-corrected chi connectivity index (χ4v) is 2.68. The monoisotopic (exact) mass is 428 g/mol. The van der Waals surface area contributed by atoms with Gasteiger partial charge in [-0.15, -0.1) is 0 Å². The molecule has 0 aliphatic carbocycles. The Labute approximate surface area is 181 Å². The molecule has 0 aromatic heterocycles. The van der Waals surface area contributed by atoms with Crippen molar-refractivity contribution in [2.24, 2.45) is 5.16 Å². The molecule has 1 amide bonds. The molecule has 0 heterocycles. The number of benzene rings is 2. The van der Waals surface area contributed by atoms with Gasteiger partial charge in [-0.05, 0) is 62.6 Å². The average Bonchev–Trinajstić information content (AvgIpc) is 2.72. The van der Waals surface area contributed by atoms with Gasteiger partial charge in [0.25, 0.3) is 0 Å². The first kappa shape index (κ1) is 23.7. The first-order chi connectivity index (χ1) is 14.7. The quantitative estimate of drug-likeness (QED) is 0.285. The van der Waals surface area contributed by atoms with Crippen LogP contribution in [0.2, 0.25) is 0 Å². The third-order valence-electron chi connectivity index (χ3n) is 4.11. The fraction of sp³-hybridized carbons (Fsp3) is 0.348. The van der Waals surface area contributed by atoms with Crippen LogP contribution >= 0.6 is 0 Å². The number of carbonyl (C=O) groups excluding carboxylic acids is 2. The number of esters is 1. The standard InChI is InChI=1S/C23H28N2O6/c1-23(2,3)31-22(27)25-19(14-24-28)13-16-7-11-20(12-8-16)30-15-17-5-9-18(10-6-17)21(26)29-4/h5-12,14,19,28H,13,15H2,1-4H3,(H,25,27). The molecule has 1 unspecified atom stereocenters. The molecule has 0 aliphatic rings. The topological polar surface area (TPSA) is 106 Å². The predicted octanol–water partition coefficient (Wildman–Crippen LogP) is 3.95. The Morgan fingerprint density at radius 2 is 1.68 bits per heavy atom. The van der Waals surface area contributed by atoms with E-state index in [1.165, 1.54) is 13.3 Å². The van der Waals surface area contributed by atoms with Crippen molar-refractivity contribution in [1.82, 2.24) is 5.32 Å². The highest BCUT2D eigenvalue weighted by Gasteiger charge is 2.19. The Hall–Kier alpha value is -3.55. The molecule has 2 rings (SSSR count). The molecular formula is C23H28N2O6. The Balaban J connectivity index is 1.91. The molecule has 2 aromatic rings. The molecule has 0 aliphatic heterocycles. The number of nitrogens with zero attached hydrogens (tertiary/aromatic N) is 1. The van der Waals surface area contributed by atoms with Crippen molar-refractivity contribution in [3.05, 3.63) is 65.2 Å². The molecule has 0 bridgehead atoms. The summed E-state index contributed by atoms with van der Waals surface area (Å²) in [4.78, 5) is 23.4. The number of rotatable bonds is 8. The molecule has 0 saturated heterocycles. The third kappa shape index (κ3) is 8.38. The van der Waals surface area contributed by atoms with E-state index in [0.29, 0.717) is 24.3 Å². The number of oxime groups is 1. The lowest BCUT2D eigenvalue weighted by Gasteiger charge is -2.22. The summed E-state index contributed by atoms with van der Waals surface area (Å²) in [6.45, 7) is 5.66. The van der Waals surface area contributed by atoms with E-state index in [2.05, 4.69) is 15.2 Å². The van der Waals surface area contributed by atoms with Crippen LogP contribution in [0.25, 0.3) is 0 Å². The van der Waals surface area contributed by atoms with E-state index in [9.17, 15) is 9.59 Å². The first-order valence-corrected chi connectivity index (χ1v) is 9.76. The van der Waals surface area contributed by atoms with Crippen LogP contribution < -0.4 is 10.1 Å². The number of nitrogens with one attached hydrogen (secondary N) is 1. The van der Waals surface area contributed by atoms with Gasteiger partial charge in [0.05, 0.1) is 24.9 Å². The van der Waals surface area contributed by atoms with E-state index in [0.717, 1.165) is 11.1 Å². The normalized spacial score (nSPS) is 12.3. The molecule has 2 N–H and O–H groups in total. The maximum Gasteiger partial charge on any atom is 0.408 e. The molecule has 31 heavy (non-hydrogen) atoms. The van der Waals surface area contributed by atoms with Crippen molar-refractivity contribution >= 4 is 18.3 Å². The lowest BCUT2D eigenvalue weighted by atomic mass is 10.1.